The molecule has 18 heavy (non-hydrogen) atoms. The summed E-state index contributed by atoms with van der Waals surface area (Å²) >= 11 is 0. The molecule has 1 aliphatic carbocycles. The van der Waals surface area contributed by atoms with Crippen molar-refractivity contribution in [2.75, 3.05) is 5.32 Å². The Hall–Kier alpha value is -1.58. The average Bonchev–Trinajstić information content (AvgIpc) is 2.40. The van der Waals surface area contributed by atoms with Crippen LogP contribution in [0, 0.1) is 5.92 Å². The summed E-state index contributed by atoms with van der Waals surface area (Å²) in [6.45, 7) is 2.26. The van der Waals surface area contributed by atoms with Crippen LogP contribution in [0.25, 0.3) is 0 Å². The quantitative estimate of drug-likeness (QED) is 0.859. The predicted octanol–water partition coefficient (Wildman–Crippen LogP) is 3.16. The molecule has 0 aromatic carbocycles. The van der Waals surface area contributed by atoms with E-state index in [2.05, 4.69) is 17.2 Å². The second-order valence-electron chi connectivity index (χ2n) is 5.01. The van der Waals surface area contributed by atoms with Gasteiger partial charge in [-0.3, -0.25) is 0 Å². The molecule has 2 N–H and O–H groups in total. The third kappa shape index (κ3) is 3.22. The zero-order valence-corrected chi connectivity index (χ0v) is 10.7. The van der Waals surface area contributed by atoms with Crippen molar-refractivity contribution in [3.05, 3.63) is 24.0 Å². The summed E-state index contributed by atoms with van der Waals surface area (Å²) in [6, 6.07) is 3.84. The summed E-state index contributed by atoms with van der Waals surface area (Å²) in [7, 11) is 0. The van der Waals surface area contributed by atoms with E-state index in [1.54, 1.807) is 18.3 Å². The lowest BCUT2D eigenvalue weighted by atomic mass is 9.84. The Morgan fingerprint density at radius 3 is 2.61 bits per heavy atom. The van der Waals surface area contributed by atoms with Crippen LogP contribution in [-0.4, -0.2) is 22.1 Å². The summed E-state index contributed by atoms with van der Waals surface area (Å²) < 4.78 is 0. The van der Waals surface area contributed by atoms with E-state index in [4.69, 9.17) is 5.11 Å². The van der Waals surface area contributed by atoms with Crippen molar-refractivity contribution >= 4 is 11.7 Å². The average molecular weight is 248 g/mol. The van der Waals surface area contributed by atoms with Crippen LogP contribution >= 0.6 is 0 Å². The van der Waals surface area contributed by atoms with Gasteiger partial charge in [-0.15, -0.1) is 0 Å². The molecular formula is C14H20N2O2. The van der Waals surface area contributed by atoms with Gasteiger partial charge in [0.15, 0.2) is 0 Å². The number of aromatic nitrogens is 1. The molecule has 0 amide bonds. The fraction of sp³-hybridized carbons (Fsp3) is 0.571. The summed E-state index contributed by atoms with van der Waals surface area (Å²) in [4.78, 5) is 14.6. The molecular weight excluding hydrogens is 228 g/mol. The summed E-state index contributed by atoms with van der Waals surface area (Å²) in [5.74, 6) is -0.0967. The number of carbonyl (C=O) groups is 1. The Morgan fingerprint density at radius 2 is 2.11 bits per heavy atom. The fourth-order valence-corrected chi connectivity index (χ4v) is 2.56. The minimum atomic E-state index is -0.981. The van der Waals surface area contributed by atoms with Gasteiger partial charge in [-0.1, -0.05) is 13.3 Å². The standard InChI is InChI=1S/C14H20N2O2/c1-2-10-3-5-11(6-4-10)16-12-7-8-13(14(17)18)15-9-12/h7-11,16H,2-6H2,1H3,(H,17,18). The van der Waals surface area contributed by atoms with E-state index in [0.29, 0.717) is 6.04 Å². The Kier molecular flexibility index (Phi) is 4.18. The molecule has 2 rings (SSSR count). The van der Waals surface area contributed by atoms with Gasteiger partial charge in [0.25, 0.3) is 0 Å². The number of hydrogen-bond donors (Lipinski definition) is 2. The van der Waals surface area contributed by atoms with Gasteiger partial charge in [0.05, 0.1) is 11.9 Å². The van der Waals surface area contributed by atoms with Crippen molar-refractivity contribution in [2.45, 2.75) is 45.1 Å². The summed E-state index contributed by atoms with van der Waals surface area (Å²) in [5, 5.41) is 12.2. The second kappa shape index (κ2) is 5.85. The van der Waals surface area contributed by atoms with E-state index in [9.17, 15) is 4.79 Å². The summed E-state index contributed by atoms with van der Waals surface area (Å²) in [5.41, 5.74) is 1.01. The number of carboxylic acids is 1. The minimum Gasteiger partial charge on any atom is -0.477 e. The molecule has 0 radical (unpaired) electrons. The van der Waals surface area contributed by atoms with Crippen LogP contribution in [0.3, 0.4) is 0 Å². The first-order chi connectivity index (χ1) is 8.69. The number of pyridine rings is 1. The lowest BCUT2D eigenvalue weighted by molar-refractivity contribution is 0.0690. The Labute approximate surface area is 107 Å². The first kappa shape index (κ1) is 12.9. The van der Waals surface area contributed by atoms with E-state index in [-0.39, 0.29) is 5.69 Å². The maximum atomic E-state index is 10.7. The van der Waals surface area contributed by atoms with Crippen molar-refractivity contribution in [3.63, 3.8) is 0 Å². The number of carboxylic acid groups (broad SMARTS) is 1. The third-order valence-electron chi connectivity index (χ3n) is 3.78. The number of anilines is 1. The van der Waals surface area contributed by atoms with E-state index < -0.39 is 5.97 Å². The van der Waals surface area contributed by atoms with Crippen LogP contribution in [0.4, 0.5) is 5.69 Å². The highest BCUT2D eigenvalue weighted by atomic mass is 16.4. The first-order valence-electron chi connectivity index (χ1n) is 6.65. The fourth-order valence-electron chi connectivity index (χ4n) is 2.56. The largest absolute Gasteiger partial charge is 0.477 e. The molecule has 0 spiro atoms. The predicted molar refractivity (Wildman–Crippen MR) is 70.9 cm³/mol. The monoisotopic (exact) mass is 248 g/mol. The number of nitrogens with zero attached hydrogens (tertiary/aromatic N) is 1. The van der Waals surface area contributed by atoms with E-state index in [1.165, 1.54) is 32.1 Å². The van der Waals surface area contributed by atoms with Gasteiger partial charge in [-0.2, -0.15) is 0 Å². The second-order valence-corrected chi connectivity index (χ2v) is 5.01. The van der Waals surface area contributed by atoms with Gasteiger partial charge in [0.1, 0.15) is 5.69 Å². The molecule has 0 saturated heterocycles. The van der Waals surface area contributed by atoms with E-state index >= 15 is 0 Å². The van der Waals surface area contributed by atoms with E-state index in [0.717, 1.165) is 11.6 Å². The number of rotatable bonds is 4. The SMILES string of the molecule is CCC1CCC(Nc2ccc(C(=O)O)nc2)CC1. The number of hydrogen-bond acceptors (Lipinski definition) is 3. The van der Waals surface area contributed by atoms with Gasteiger partial charge in [0.2, 0.25) is 0 Å². The lowest BCUT2D eigenvalue weighted by Gasteiger charge is -2.29. The molecule has 1 fully saturated rings. The lowest BCUT2D eigenvalue weighted by Crippen LogP contribution is -2.25. The van der Waals surface area contributed by atoms with Crippen molar-refractivity contribution in [1.29, 1.82) is 0 Å². The number of aromatic carboxylic acids is 1. The topological polar surface area (TPSA) is 62.2 Å². The molecule has 0 bridgehead atoms. The molecule has 98 valence electrons. The molecule has 4 heteroatoms. The molecule has 1 heterocycles. The minimum absolute atomic E-state index is 0.0928. The van der Waals surface area contributed by atoms with E-state index in [1.807, 2.05) is 0 Å². The normalized spacial score (nSPS) is 23.6. The molecule has 4 nitrogen and oxygen atoms in total. The van der Waals surface area contributed by atoms with Crippen LogP contribution in [0.2, 0.25) is 0 Å². The van der Waals surface area contributed by atoms with Crippen molar-refractivity contribution in [2.24, 2.45) is 5.92 Å². The van der Waals surface area contributed by atoms with Crippen LogP contribution in [0.15, 0.2) is 18.3 Å². The van der Waals surface area contributed by atoms with Crippen molar-refractivity contribution in [1.82, 2.24) is 4.98 Å². The van der Waals surface area contributed by atoms with Crippen molar-refractivity contribution < 1.29 is 9.90 Å². The van der Waals surface area contributed by atoms with Gasteiger partial charge in [-0.05, 0) is 43.7 Å². The van der Waals surface area contributed by atoms with Crippen molar-refractivity contribution in [3.8, 4) is 0 Å². The smallest absolute Gasteiger partial charge is 0.354 e. The molecule has 0 atom stereocenters. The van der Waals surface area contributed by atoms with Gasteiger partial charge in [0, 0.05) is 6.04 Å². The highest BCUT2D eigenvalue weighted by Gasteiger charge is 2.19. The molecule has 1 aliphatic rings. The molecule has 1 aromatic heterocycles. The highest BCUT2D eigenvalue weighted by Crippen LogP contribution is 2.28. The Morgan fingerprint density at radius 1 is 1.39 bits per heavy atom. The van der Waals surface area contributed by atoms with Gasteiger partial charge in [-0.25, -0.2) is 9.78 Å². The molecule has 1 saturated carbocycles. The van der Waals surface area contributed by atoms with Crippen LogP contribution in [0.5, 0.6) is 0 Å². The van der Waals surface area contributed by atoms with Crippen LogP contribution in [0.1, 0.15) is 49.5 Å². The molecule has 0 unspecified atom stereocenters. The maximum absolute atomic E-state index is 10.7. The maximum Gasteiger partial charge on any atom is 0.354 e. The molecule has 0 aliphatic heterocycles. The highest BCUT2D eigenvalue weighted by molar-refractivity contribution is 5.85. The molecule has 1 aromatic rings. The zero-order chi connectivity index (χ0) is 13.0. The van der Waals surface area contributed by atoms with Gasteiger partial charge < -0.3 is 10.4 Å². The number of nitrogens with one attached hydrogen (secondary N) is 1. The van der Waals surface area contributed by atoms with Gasteiger partial charge >= 0.3 is 5.97 Å². The van der Waals surface area contributed by atoms with Crippen LogP contribution < -0.4 is 5.32 Å². The Balaban J connectivity index is 1.88. The zero-order valence-electron chi connectivity index (χ0n) is 10.7. The third-order valence-corrected chi connectivity index (χ3v) is 3.78. The Bertz CT molecular complexity index is 395. The van der Waals surface area contributed by atoms with Crippen LogP contribution in [-0.2, 0) is 0 Å². The summed E-state index contributed by atoms with van der Waals surface area (Å²) in [6.07, 6.45) is 7.85. The first-order valence-corrected chi connectivity index (χ1v) is 6.65.